The van der Waals surface area contributed by atoms with E-state index >= 15 is 0 Å². The zero-order chi connectivity index (χ0) is 18.7. The Morgan fingerprint density at radius 1 is 1.28 bits per heavy atom. The maximum absolute atomic E-state index is 12.8. The minimum Gasteiger partial charge on any atom is -0.493 e. The fraction of sp³-hybridized carbons (Fsp3) is 0.471. The van der Waals surface area contributed by atoms with Gasteiger partial charge in [-0.25, -0.2) is 0 Å². The van der Waals surface area contributed by atoms with Crippen molar-refractivity contribution >= 4 is 23.9 Å². The summed E-state index contributed by atoms with van der Waals surface area (Å²) in [6.45, 7) is 1.17. The Balaban J connectivity index is 2.68. The van der Waals surface area contributed by atoms with Gasteiger partial charge in [0.25, 0.3) is 6.57 Å². The second kappa shape index (κ2) is 11.2. The van der Waals surface area contributed by atoms with Crippen LogP contribution in [0.3, 0.4) is 0 Å². The predicted molar refractivity (Wildman–Crippen MR) is 103 cm³/mol. The molecule has 0 aromatic heterocycles. The molecule has 6 nitrogen and oxygen atoms in total. The number of amides is 1. The number of benzene rings is 1. The minimum absolute atomic E-state index is 0.101. The molecule has 1 unspecified atom stereocenters. The summed E-state index contributed by atoms with van der Waals surface area (Å²) >= 11 is 1.23. The fourth-order valence-electron chi connectivity index (χ4n) is 2.03. The third-order valence-corrected chi connectivity index (χ3v) is 7.40. The molecule has 1 aromatic carbocycles. The highest BCUT2D eigenvalue weighted by molar-refractivity contribution is 8.57. The van der Waals surface area contributed by atoms with Crippen LogP contribution in [0.2, 0.25) is 0 Å². The molecule has 1 N–H and O–H groups in total. The summed E-state index contributed by atoms with van der Waals surface area (Å²) in [7, 11) is 3.18. The first kappa shape index (κ1) is 21.6. The number of hydrogen-bond donors (Lipinski definition) is 1. The van der Waals surface area contributed by atoms with Crippen molar-refractivity contribution in [3.8, 4) is 11.5 Å². The van der Waals surface area contributed by atoms with E-state index in [0.29, 0.717) is 36.8 Å². The van der Waals surface area contributed by atoms with E-state index in [1.165, 1.54) is 18.3 Å². The summed E-state index contributed by atoms with van der Waals surface area (Å²) in [6, 6.07) is 5.66. The number of methoxy groups -OCH3 is 2. The van der Waals surface area contributed by atoms with E-state index in [1.807, 2.05) is 31.2 Å². The maximum Gasteiger partial charge on any atom is 0.279 e. The topological polar surface area (TPSA) is 73.9 Å². The van der Waals surface area contributed by atoms with Gasteiger partial charge in [0.2, 0.25) is 5.91 Å². The molecule has 1 aromatic rings. The molecule has 0 heterocycles. The molecule has 0 fully saturated rings. The van der Waals surface area contributed by atoms with Crippen LogP contribution < -0.4 is 14.8 Å². The molecule has 0 bridgehead atoms. The number of ether oxygens (including phenoxy) is 2. The number of rotatable bonds is 11. The lowest BCUT2D eigenvalue weighted by atomic mass is 10.1. The predicted octanol–water partition coefficient (Wildman–Crippen LogP) is 3.86. The summed E-state index contributed by atoms with van der Waals surface area (Å²) in [5.41, 5.74) is 1.01. The monoisotopic (exact) mass is 387 g/mol. The van der Waals surface area contributed by atoms with Crippen molar-refractivity contribution in [3.63, 3.8) is 0 Å². The van der Waals surface area contributed by atoms with Gasteiger partial charge < -0.3 is 19.3 Å². The molecule has 0 aliphatic rings. The molecule has 1 amide bonds. The van der Waals surface area contributed by atoms with Crippen LogP contribution in [-0.4, -0.2) is 39.0 Å². The normalized spacial score (nSPS) is 13.4. The van der Waals surface area contributed by atoms with Crippen LogP contribution in [0.5, 0.6) is 11.5 Å². The molecule has 0 radical (unpaired) electrons. The largest absolute Gasteiger partial charge is 0.493 e. The molecule has 140 valence electrons. The summed E-state index contributed by atoms with van der Waals surface area (Å²) in [4.78, 5) is 10.9. The zero-order valence-electron chi connectivity index (χ0n) is 15.1. The Hall–Kier alpha value is -1.43. The van der Waals surface area contributed by atoms with Crippen LogP contribution >= 0.6 is 18.0 Å². The highest BCUT2D eigenvalue weighted by Crippen LogP contribution is 2.60. The zero-order valence-corrected chi connectivity index (χ0v) is 16.8. The first-order valence-corrected chi connectivity index (χ1v) is 11.2. The molecule has 8 heteroatoms. The van der Waals surface area contributed by atoms with Gasteiger partial charge in [-0.3, -0.25) is 9.36 Å². The summed E-state index contributed by atoms with van der Waals surface area (Å²) in [6.07, 6.45) is 2.44. The second-order valence-corrected chi connectivity index (χ2v) is 9.66. The first-order chi connectivity index (χ1) is 11.9. The summed E-state index contributed by atoms with van der Waals surface area (Å²) < 4.78 is 28.7. The standard InChI is InChI=1S/C17H26NO5PS/c1-5-23-24(20,25-12-10-18-14(2)19)11-6-7-15-8-9-16(21-3)17(13-15)22-4/h6,8-9,11,13H,5,7,10,12H2,1-4H3,(H,18,19)/b11-6+. The van der Waals surface area contributed by atoms with Crippen molar-refractivity contribution in [1.29, 1.82) is 0 Å². The maximum atomic E-state index is 12.8. The van der Waals surface area contributed by atoms with Crippen molar-refractivity contribution in [1.82, 2.24) is 5.32 Å². The fourth-order valence-corrected chi connectivity index (χ4v) is 5.54. The molecule has 0 saturated heterocycles. The molecule has 1 atom stereocenters. The molecular weight excluding hydrogens is 361 g/mol. The molecule has 0 spiro atoms. The van der Waals surface area contributed by atoms with Crippen molar-refractivity contribution in [2.45, 2.75) is 20.3 Å². The molecule has 1 rings (SSSR count). The van der Waals surface area contributed by atoms with Gasteiger partial charge in [0, 0.05) is 25.0 Å². The van der Waals surface area contributed by atoms with Crippen molar-refractivity contribution < 1.29 is 23.4 Å². The average Bonchev–Trinajstić information content (AvgIpc) is 2.58. The van der Waals surface area contributed by atoms with Gasteiger partial charge in [-0.1, -0.05) is 23.5 Å². The van der Waals surface area contributed by atoms with Gasteiger partial charge in [-0.05, 0) is 31.0 Å². The van der Waals surface area contributed by atoms with E-state index in [2.05, 4.69) is 5.32 Å². The minimum atomic E-state index is -2.92. The van der Waals surface area contributed by atoms with Crippen molar-refractivity contribution in [3.05, 3.63) is 35.7 Å². The van der Waals surface area contributed by atoms with E-state index in [1.54, 1.807) is 20.0 Å². The Kier molecular flexibility index (Phi) is 9.71. The first-order valence-electron chi connectivity index (χ1n) is 7.96. The highest BCUT2D eigenvalue weighted by Gasteiger charge is 2.19. The second-order valence-electron chi connectivity index (χ2n) is 5.05. The number of nitrogens with one attached hydrogen (secondary N) is 1. The number of carbonyl (C=O) groups is 1. The molecule has 0 aliphatic carbocycles. The number of hydrogen-bond acceptors (Lipinski definition) is 6. The molecule has 25 heavy (non-hydrogen) atoms. The molecule has 0 saturated carbocycles. The Morgan fingerprint density at radius 2 is 2.00 bits per heavy atom. The lowest BCUT2D eigenvalue weighted by molar-refractivity contribution is -0.118. The quantitative estimate of drug-likeness (QED) is 0.459. The van der Waals surface area contributed by atoms with E-state index in [0.717, 1.165) is 5.56 Å². The Bertz CT molecular complexity index is 635. The van der Waals surface area contributed by atoms with E-state index in [9.17, 15) is 9.36 Å². The van der Waals surface area contributed by atoms with Crippen LogP contribution in [0, 0.1) is 0 Å². The Morgan fingerprint density at radius 3 is 2.60 bits per heavy atom. The summed E-state index contributed by atoms with van der Waals surface area (Å²) in [5.74, 6) is 3.38. The van der Waals surface area contributed by atoms with Crippen LogP contribution in [0.4, 0.5) is 0 Å². The van der Waals surface area contributed by atoms with Crippen LogP contribution in [0.25, 0.3) is 0 Å². The van der Waals surface area contributed by atoms with Gasteiger partial charge >= 0.3 is 0 Å². The van der Waals surface area contributed by atoms with Gasteiger partial charge in [-0.15, -0.1) is 0 Å². The SMILES string of the molecule is CCOP(=O)(/C=C/Cc1ccc(OC)c(OC)c1)SCCNC(C)=O. The number of carbonyl (C=O) groups excluding carboxylic acids is 1. The van der Waals surface area contributed by atoms with Gasteiger partial charge in [0.15, 0.2) is 11.5 Å². The smallest absolute Gasteiger partial charge is 0.279 e. The van der Waals surface area contributed by atoms with Crippen LogP contribution in [0.15, 0.2) is 30.1 Å². The van der Waals surface area contributed by atoms with E-state index in [4.69, 9.17) is 14.0 Å². The van der Waals surface area contributed by atoms with E-state index in [-0.39, 0.29) is 5.91 Å². The van der Waals surface area contributed by atoms with Gasteiger partial charge in [0.05, 0.1) is 20.8 Å². The highest BCUT2D eigenvalue weighted by atomic mass is 32.7. The lowest BCUT2D eigenvalue weighted by Crippen LogP contribution is -2.22. The van der Waals surface area contributed by atoms with E-state index < -0.39 is 6.57 Å². The number of allylic oxidation sites excluding steroid dienone is 1. The Labute approximate surface area is 153 Å². The van der Waals surface area contributed by atoms with Crippen molar-refractivity contribution in [2.24, 2.45) is 0 Å². The third kappa shape index (κ3) is 7.99. The summed E-state index contributed by atoms with van der Waals surface area (Å²) in [5, 5.41) is 2.68. The van der Waals surface area contributed by atoms with Crippen LogP contribution in [-0.2, 0) is 20.3 Å². The third-order valence-electron chi connectivity index (χ3n) is 3.15. The van der Waals surface area contributed by atoms with Crippen molar-refractivity contribution in [2.75, 3.05) is 33.1 Å². The average molecular weight is 387 g/mol. The molecule has 0 aliphatic heterocycles. The van der Waals surface area contributed by atoms with Gasteiger partial charge in [0.1, 0.15) is 0 Å². The van der Waals surface area contributed by atoms with Gasteiger partial charge in [-0.2, -0.15) is 0 Å². The van der Waals surface area contributed by atoms with Crippen LogP contribution in [0.1, 0.15) is 19.4 Å². The molecular formula is C17H26NO5PS. The lowest BCUT2D eigenvalue weighted by Gasteiger charge is -2.13.